The van der Waals surface area contributed by atoms with Crippen LogP contribution in [-0.4, -0.2) is 22.3 Å². The first-order valence-corrected chi connectivity index (χ1v) is 10.5. The van der Waals surface area contributed by atoms with E-state index < -0.39 is 11.9 Å². The molecule has 4 rings (SSSR count). The van der Waals surface area contributed by atoms with Crippen LogP contribution in [0.25, 0.3) is 10.9 Å². The highest BCUT2D eigenvalue weighted by Gasteiger charge is 2.20. The fraction of sp³-hybridized carbons (Fsp3) is 0.148. The molecule has 4 aromatic rings. The molecule has 0 spiro atoms. The molecule has 1 aromatic heterocycles. The highest BCUT2D eigenvalue weighted by Crippen LogP contribution is 2.31. The molecular formula is C27H23NO5. The van der Waals surface area contributed by atoms with Gasteiger partial charge in [-0.15, -0.1) is 0 Å². The lowest BCUT2D eigenvalue weighted by molar-refractivity contribution is -0.131. The van der Waals surface area contributed by atoms with E-state index >= 15 is 0 Å². The molecule has 0 amide bonds. The zero-order valence-corrected chi connectivity index (χ0v) is 18.6. The van der Waals surface area contributed by atoms with Crippen molar-refractivity contribution in [2.24, 2.45) is 0 Å². The summed E-state index contributed by atoms with van der Waals surface area (Å²) >= 11 is 0. The van der Waals surface area contributed by atoms with Gasteiger partial charge in [0.15, 0.2) is 5.78 Å². The molecule has 166 valence electrons. The molecule has 0 N–H and O–H groups in total. The highest BCUT2D eigenvalue weighted by atomic mass is 16.5. The summed E-state index contributed by atoms with van der Waals surface area (Å²) in [5.74, 6) is -0.822. The first-order chi connectivity index (χ1) is 15.8. The second-order valence-corrected chi connectivity index (χ2v) is 7.75. The summed E-state index contributed by atoms with van der Waals surface area (Å²) in [6.45, 7) is 5.33. The second kappa shape index (κ2) is 9.12. The molecule has 0 atom stereocenters. The molecule has 1 heterocycles. The molecular weight excluding hydrogens is 418 g/mol. The Morgan fingerprint density at radius 1 is 0.848 bits per heavy atom. The van der Waals surface area contributed by atoms with E-state index in [0.717, 1.165) is 22.2 Å². The average Bonchev–Trinajstić information content (AvgIpc) is 3.05. The number of nitrogens with zero attached hydrogens (tertiary/aromatic N) is 1. The van der Waals surface area contributed by atoms with Gasteiger partial charge in [-0.2, -0.15) is 0 Å². The first-order valence-electron chi connectivity index (χ1n) is 10.5. The van der Waals surface area contributed by atoms with Crippen LogP contribution in [0.15, 0.2) is 72.8 Å². The van der Waals surface area contributed by atoms with Crippen molar-refractivity contribution in [3.05, 3.63) is 95.2 Å². The van der Waals surface area contributed by atoms with E-state index in [1.54, 1.807) is 24.3 Å². The summed E-state index contributed by atoms with van der Waals surface area (Å²) < 4.78 is 12.8. The minimum absolute atomic E-state index is 0.0620. The number of rotatable bonds is 6. The Hall–Kier alpha value is -4.19. The molecule has 0 radical (unpaired) electrons. The van der Waals surface area contributed by atoms with Gasteiger partial charge in [-0.25, -0.2) is 4.79 Å². The normalized spacial score (nSPS) is 10.8. The van der Waals surface area contributed by atoms with Crippen molar-refractivity contribution in [3.8, 4) is 11.5 Å². The molecule has 0 fully saturated rings. The number of Topliss-reactive ketones (excluding diaryl/α,β-unsaturated/α-hetero) is 1. The number of ketones is 1. The predicted molar refractivity (Wildman–Crippen MR) is 125 cm³/mol. The lowest BCUT2D eigenvalue weighted by atomic mass is 10.1. The average molecular weight is 441 g/mol. The summed E-state index contributed by atoms with van der Waals surface area (Å²) in [6.07, 6.45) is 0. The fourth-order valence-corrected chi connectivity index (χ4v) is 3.98. The number of hydrogen-bond donors (Lipinski definition) is 0. The Kier molecular flexibility index (Phi) is 6.09. The van der Waals surface area contributed by atoms with E-state index in [-0.39, 0.29) is 17.1 Å². The standard InChI is InChI=1S/C27H23NO5/c1-17-26(18(2)29)23-15-21(13-14-24(23)28(17)16-20-9-5-4-6-10-20)33-27(31)22-11-7-8-12-25(22)32-19(3)30/h4-15H,16H2,1-3H3. The number of benzene rings is 3. The van der Waals surface area contributed by atoms with Crippen molar-refractivity contribution in [3.63, 3.8) is 0 Å². The quantitative estimate of drug-likeness (QED) is 0.229. The molecule has 0 aliphatic rings. The van der Waals surface area contributed by atoms with Crippen LogP contribution in [0.4, 0.5) is 0 Å². The lowest BCUT2D eigenvalue weighted by Gasteiger charge is -2.10. The van der Waals surface area contributed by atoms with Gasteiger partial charge in [0.1, 0.15) is 17.1 Å². The van der Waals surface area contributed by atoms with E-state index in [9.17, 15) is 14.4 Å². The number of carbonyl (C=O) groups excluding carboxylic acids is 3. The van der Waals surface area contributed by atoms with E-state index in [4.69, 9.17) is 9.47 Å². The Morgan fingerprint density at radius 3 is 2.24 bits per heavy atom. The number of aromatic nitrogens is 1. The monoisotopic (exact) mass is 441 g/mol. The number of hydrogen-bond acceptors (Lipinski definition) is 5. The van der Waals surface area contributed by atoms with Gasteiger partial charge in [0.2, 0.25) is 0 Å². The Labute approximate surface area is 191 Å². The lowest BCUT2D eigenvalue weighted by Crippen LogP contribution is -2.12. The van der Waals surface area contributed by atoms with Crippen molar-refractivity contribution >= 4 is 28.6 Å². The molecule has 3 aromatic carbocycles. The third kappa shape index (κ3) is 4.55. The molecule has 0 saturated carbocycles. The third-order valence-electron chi connectivity index (χ3n) is 5.40. The predicted octanol–water partition coefficient (Wildman–Crippen LogP) is 5.35. The van der Waals surface area contributed by atoms with Crippen molar-refractivity contribution < 1.29 is 23.9 Å². The number of fused-ring (bicyclic) bond motifs is 1. The van der Waals surface area contributed by atoms with Crippen LogP contribution >= 0.6 is 0 Å². The van der Waals surface area contributed by atoms with Gasteiger partial charge >= 0.3 is 11.9 Å². The molecule has 6 heteroatoms. The first kappa shape index (κ1) is 22.0. The smallest absolute Gasteiger partial charge is 0.347 e. The van der Waals surface area contributed by atoms with Crippen molar-refractivity contribution in [1.82, 2.24) is 4.57 Å². The van der Waals surface area contributed by atoms with Gasteiger partial charge in [0, 0.05) is 35.6 Å². The van der Waals surface area contributed by atoms with Crippen molar-refractivity contribution in [2.45, 2.75) is 27.3 Å². The highest BCUT2D eigenvalue weighted by molar-refractivity contribution is 6.09. The van der Waals surface area contributed by atoms with Gasteiger partial charge in [0.05, 0.1) is 0 Å². The van der Waals surface area contributed by atoms with Crippen LogP contribution in [0.5, 0.6) is 11.5 Å². The van der Waals surface area contributed by atoms with Crippen molar-refractivity contribution in [1.29, 1.82) is 0 Å². The summed E-state index contributed by atoms with van der Waals surface area (Å²) in [7, 11) is 0. The molecule has 0 bridgehead atoms. The van der Waals surface area contributed by atoms with Crippen LogP contribution in [0.3, 0.4) is 0 Å². The molecule has 6 nitrogen and oxygen atoms in total. The Bertz CT molecular complexity index is 1370. The minimum atomic E-state index is -0.656. The van der Waals surface area contributed by atoms with E-state index in [1.165, 1.54) is 26.0 Å². The second-order valence-electron chi connectivity index (χ2n) is 7.75. The molecule has 0 aliphatic heterocycles. The van der Waals surface area contributed by atoms with Gasteiger partial charge in [0.25, 0.3) is 0 Å². The van der Waals surface area contributed by atoms with Crippen molar-refractivity contribution in [2.75, 3.05) is 0 Å². The maximum atomic E-state index is 12.8. The number of carbonyl (C=O) groups is 3. The number of ether oxygens (including phenoxy) is 2. The van der Waals surface area contributed by atoms with Gasteiger partial charge < -0.3 is 14.0 Å². The summed E-state index contributed by atoms with van der Waals surface area (Å²) in [5, 5.41) is 0.717. The third-order valence-corrected chi connectivity index (χ3v) is 5.40. The minimum Gasteiger partial charge on any atom is -0.426 e. The zero-order chi connectivity index (χ0) is 23.5. The van der Waals surface area contributed by atoms with Gasteiger partial charge in [-0.05, 0) is 49.7 Å². The number of esters is 2. The van der Waals surface area contributed by atoms with E-state index in [1.807, 2.05) is 43.3 Å². The topological polar surface area (TPSA) is 74.6 Å². The van der Waals surface area contributed by atoms with Crippen LogP contribution in [0.1, 0.15) is 45.8 Å². The molecule has 0 saturated heterocycles. The SMILES string of the molecule is CC(=O)Oc1ccccc1C(=O)Oc1ccc2c(c1)c(C(C)=O)c(C)n2Cc1ccccc1. The maximum Gasteiger partial charge on any atom is 0.347 e. The summed E-state index contributed by atoms with van der Waals surface area (Å²) in [5.41, 5.74) is 3.58. The Balaban J connectivity index is 1.71. The van der Waals surface area contributed by atoms with E-state index in [2.05, 4.69) is 4.57 Å². The van der Waals surface area contributed by atoms with E-state index in [0.29, 0.717) is 17.9 Å². The van der Waals surface area contributed by atoms with Crippen LogP contribution in [0.2, 0.25) is 0 Å². The van der Waals surface area contributed by atoms with Gasteiger partial charge in [-0.3, -0.25) is 9.59 Å². The maximum absolute atomic E-state index is 12.8. The largest absolute Gasteiger partial charge is 0.426 e. The molecule has 0 aliphatic carbocycles. The fourth-order valence-electron chi connectivity index (χ4n) is 3.98. The molecule has 33 heavy (non-hydrogen) atoms. The van der Waals surface area contributed by atoms with Crippen LogP contribution in [0, 0.1) is 6.92 Å². The number of para-hydroxylation sites is 1. The van der Waals surface area contributed by atoms with Crippen LogP contribution in [-0.2, 0) is 11.3 Å². The summed E-state index contributed by atoms with van der Waals surface area (Å²) in [6, 6.07) is 21.6. The Morgan fingerprint density at radius 2 is 1.55 bits per heavy atom. The van der Waals surface area contributed by atoms with Crippen LogP contribution < -0.4 is 9.47 Å². The summed E-state index contributed by atoms with van der Waals surface area (Å²) in [4.78, 5) is 36.6. The zero-order valence-electron chi connectivity index (χ0n) is 18.6. The molecule has 0 unspecified atom stereocenters. The van der Waals surface area contributed by atoms with Gasteiger partial charge in [-0.1, -0.05) is 42.5 Å².